The fraction of sp³-hybridized carbons (Fsp3) is 0.348. The van der Waals surface area contributed by atoms with Crippen LogP contribution in [0.1, 0.15) is 24.6 Å². The van der Waals surface area contributed by atoms with Crippen LogP contribution in [-0.2, 0) is 14.4 Å². The van der Waals surface area contributed by atoms with Crippen LogP contribution in [0, 0.1) is 5.41 Å². The normalized spacial score (nSPS) is 22.4. The van der Waals surface area contributed by atoms with Gasteiger partial charge in [-0.15, -0.1) is 0 Å². The highest BCUT2D eigenvalue weighted by Gasteiger charge is 2.62. The van der Waals surface area contributed by atoms with Gasteiger partial charge in [0.2, 0.25) is 17.7 Å². The average Bonchev–Trinajstić information content (AvgIpc) is 3.15. The summed E-state index contributed by atoms with van der Waals surface area (Å²) in [5, 5.41) is 0. The third-order valence-electron chi connectivity index (χ3n) is 6.57. The van der Waals surface area contributed by atoms with Crippen molar-refractivity contribution in [2.24, 2.45) is 5.41 Å². The monoisotopic (exact) mass is 466 g/mol. The quantitative estimate of drug-likeness (QED) is 0.510. The zero-order valence-corrected chi connectivity index (χ0v) is 19.0. The molecule has 9 heteroatoms. The minimum absolute atomic E-state index is 0.0224. The number of hydrogen-bond acceptors (Lipinski definition) is 6. The minimum atomic E-state index is -0.574. The highest BCUT2D eigenvalue weighted by atomic mass is 32.2. The maximum absolute atomic E-state index is 13.5. The third kappa shape index (κ3) is 3.40. The number of thioether (sulfide) groups is 1. The number of aromatic nitrogens is 1. The van der Waals surface area contributed by atoms with Crippen LogP contribution in [-0.4, -0.2) is 62.2 Å². The molecule has 1 spiro atoms. The van der Waals surface area contributed by atoms with E-state index >= 15 is 0 Å². The zero-order valence-electron chi connectivity index (χ0n) is 17.3. The molecule has 1 aromatic heterocycles. The predicted molar refractivity (Wildman–Crippen MR) is 126 cm³/mol. The molecule has 164 valence electrons. The Morgan fingerprint density at radius 2 is 1.81 bits per heavy atom. The summed E-state index contributed by atoms with van der Waals surface area (Å²) in [6.07, 6.45) is 2.88. The number of amides is 3. The lowest BCUT2D eigenvalue weighted by Gasteiger charge is -2.58. The molecule has 1 unspecified atom stereocenters. The van der Waals surface area contributed by atoms with E-state index < -0.39 is 5.41 Å². The van der Waals surface area contributed by atoms with Gasteiger partial charge in [-0.1, -0.05) is 48.2 Å². The van der Waals surface area contributed by atoms with Gasteiger partial charge in [-0.3, -0.25) is 24.3 Å². The first-order valence-corrected chi connectivity index (χ1v) is 12.0. The molecule has 0 saturated carbocycles. The van der Waals surface area contributed by atoms with Crippen LogP contribution in [0.2, 0.25) is 0 Å². The zero-order chi connectivity index (χ0) is 22.3. The number of likely N-dealkylation sites (tertiary alicyclic amines) is 1. The maximum atomic E-state index is 13.5. The number of pyridine rings is 1. The van der Waals surface area contributed by atoms with Gasteiger partial charge in [0.05, 0.1) is 22.9 Å². The second kappa shape index (κ2) is 8.29. The first kappa shape index (κ1) is 21.1. The molecule has 0 N–H and O–H groups in total. The molecule has 4 heterocycles. The number of anilines is 1. The summed E-state index contributed by atoms with van der Waals surface area (Å²) in [7, 11) is 0. The van der Waals surface area contributed by atoms with Gasteiger partial charge in [0.15, 0.2) is 0 Å². The Bertz CT molecular complexity index is 1060. The van der Waals surface area contributed by atoms with Crippen LogP contribution >= 0.6 is 24.0 Å². The lowest BCUT2D eigenvalue weighted by molar-refractivity contribution is -0.149. The Morgan fingerprint density at radius 1 is 1.09 bits per heavy atom. The van der Waals surface area contributed by atoms with E-state index in [1.54, 1.807) is 11.1 Å². The second-order valence-corrected chi connectivity index (χ2v) is 9.85. The number of nitrogens with zero attached hydrogens (tertiary/aromatic N) is 4. The molecule has 32 heavy (non-hydrogen) atoms. The molecule has 3 fully saturated rings. The lowest BCUT2D eigenvalue weighted by Crippen LogP contribution is -2.67. The Kier molecular flexibility index (Phi) is 5.46. The van der Waals surface area contributed by atoms with E-state index in [-0.39, 0.29) is 30.3 Å². The van der Waals surface area contributed by atoms with Crippen LogP contribution in [0.3, 0.4) is 0 Å². The van der Waals surface area contributed by atoms with Gasteiger partial charge in [-0.25, -0.2) is 0 Å². The number of β-lactam (4-membered cyclic amide) rings is 1. The largest absolute Gasteiger partial charge is 0.341 e. The topological polar surface area (TPSA) is 73.8 Å². The van der Waals surface area contributed by atoms with Crippen molar-refractivity contribution in [1.82, 2.24) is 14.8 Å². The molecule has 3 aliphatic rings. The van der Waals surface area contributed by atoms with Crippen molar-refractivity contribution in [3.8, 4) is 0 Å². The van der Waals surface area contributed by atoms with Crippen molar-refractivity contribution in [3.63, 3.8) is 0 Å². The number of piperidine rings is 1. The van der Waals surface area contributed by atoms with Gasteiger partial charge in [0.25, 0.3) is 0 Å². The number of hydrogen-bond donors (Lipinski definition) is 0. The fourth-order valence-corrected chi connectivity index (χ4v) is 5.94. The molecule has 1 aromatic carbocycles. The summed E-state index contributed by atoms with van der Waals surface area (Å²) in [6.45, 7) is 0.919. The smallest absolute Gasteiger partial charge is 0.242 e. The van der Waals surface area contributed by atoms with Gasteiger partial charge in [0, 0.05) is 25.0 Å². The Labute approximate surface area is 195 Å². The third-order valence-corrected chi connectivity index (χ3v) is 8.00. The van der Waals surface area contributed by atoms with Crippen LogP contribution in [0.4, 0.5) is 5.69 Å². The number of thiocarbonyl (C=S) groups is 1. The van der Waals surface area contributed by atoms with Gasteiger partial charge < -0.3 is 9.80 Å². The molecule has 0 bridgehead atoms. The van der Waals surface area contributed by atoms with Crippen molar-refractivity contribution in [1.29, 1.82) is 0 Å². The summed E-state index contributed by atoms with van der Waals surface area (Å²) in [6, 6.07) is 15.3. The van der Waals surface area contributed by atoms with E-state index in [4.69, 9.17) is 12.2 Å². The van der Waals surface area contributed by atoms with Crippen molar-refractivity contribution >= 4 is 51.7 Å². The van der Waals surface area contributed by atoms with E-state index in [2.05, 4.69) is 4.98 Å². The van der Waals surface area contributed by atoms with E-state index in [9.17, 15) is 14.4 Å². The first-order chi connectivity index (χ1) is 15.5. The van der Waals surface area contributed by atoms with E-state index in [1.165, 1.54) is 16.7 Å². The Balaban J connectivity index is 1.34. The van der Waals surface area contributed by atoms with Crippen LogP contribution in [0.25, 0.3) is 0 Å². The van der Waals surface area contributed by atoms with Gasteiger partial charge in [0.1, 0.15) is 10.9 Å². The summed E-state index contributed by atoms with van der Waals surface area (Å²) >= 11 is 6.48. The Hall–Kier alpha value is -2.78. The van der Waals surface area contributed by atoms with Crippen molar-refractivity contribution < 1.29 is 14.4 Å². The summed E-state index contributed by atoms with van der Waals surface area (Å²) < 4.78 is 0.458. The number of carbonyl (C=O) groups excluding carboxylic acids is 3. The molecule has 2 aromatic rings. The summed E-state index contributed by atoms with van der Waals surface area (Å²) in [4.78, 5) is 47.8. The molecule has 0 radical (unpaired) electrons. The highest BCUT2D eigenvalue weighted by Crippen LogP contribution is 2.57. The van der Waals surface area contributed by atoms with E-state index in [1.807, 2.05) is 53.4 Å². The molecular formula is C23H22N4O3S2. The number of rotatable bonds is 4. The highest BCUT2D eigenvalue weighted by molar-refractivity contribution is 8.23. The summed E-state index contributed by atoms with van der Waals surface area (Å²) in [5.41, 5.74) is 1.15. The molecule has 1 atom stereocenters. The van der Waals surface area contributed by atoms with Crippen molar-refractivity contribution in [3.05, 3.63) is 60.4 Å². The van der Waals surface area contributed by atoms with Crippen LogP contribution in [0.5, 0.6) is 0 Å². The number of para-hydroxylation sites is 1. The minimum Gasteiger partial charge on any atom is -0.341 e. The van der Waals surface area contributed by atoms with Gasteiger partial charge in [-0.2, -0.15) is 0 Å². The van der Waals surface area contributed by atoms with Crippen LogP contribution < -0.4 is 4.90 Å². The number of benzene rings is 1. The number of carbonyl (C=O) groups is 3. The molecule has 0 aliphatic carbocycles. The van der Waals surface area contributed by atoms with Crippen molar-refractivity contribution in [2.45, 2.75) is 18.9 Å². The molecular weight excluding hydrogens is 444 g/mol. The van der Waals surface area contributed by atoms with E-state index in [0.29, 0.717) is 36.0 Å². The molecule has 3 amide bonds. The predicted octanol–water partition coefficient (Wildman–Crippen LogP) is 2.64. The first-order valence-electron chi connectivity index (χ1n) is 10.6. The summed E-state index contributed by atoms with van der Waals surface area (Å²) in [5.74, 6) is 0.132. The average molecular weight is 467 g/mol. The molecule has 5 rings (SSSR count). The standard InChI is InChI=1S/C23H22N4O3S2/c28-18(14-26-19(29)15-32-22(26)31)25-12-9-23(10-13-25)20(17-8-4-5-11-24-17)27(21(23)30)16-6-2-1-3-7-16/h1-8,11,20H,9-10,12-15H2. The SMILES string of the molecule is O=C(CN1C(=O)CSC1=S)N1CCC2(CC1)C(=O)N(c1ccccc1)C2c1ccccn1. The molecule has 7 nitrogen and oxygen atoms in total. The van der Waals surface area contributed by atoms with E-state index in [0.717, 1.165) is 11.4 Å². The Morgan fingerprint density at radius 3 is 2.44 bits per heavy atom. The maximum Gasteiger partial charge on any atom is 0.242 e. The molecule has 3 saturated heterocycles. The van der Waals surface area contributed by atoms with Crippen LogP contribution in [0.15, 0.2) is 54.7 Å². The lowest BCUT2D eigenvalue weighted by atomic mass is 9.63. The van der Waals surface area contributed by atoms with Gasteiger partial charge in [-0.05, 0) is 37.1 Å². The fourth-order valence-electron chi connectivity index (χ4n) is 4.87. The van der Waals surface area contributed by atoms with Crippen molar-refractivity contribution in [2.75, 3.05) is 30.3 Å². The van der Waals surface area contributed by atoms with Gasteiger partial charge >= 0.3 is 0 Å². The molecule has 3 aliphatic heterocycles. The second-order valence-electron chi connectivity index (χ2n) is 8.24.